The minimum Gasteiger partial charge on any atom is -0.323 e. The number of nitrogens with one attached hydrogen (secondary N) is 1. The molecule has 148 valence electrons. The molecule has 0 bridgehead atoms. The zero-order valence-electron chi connectivity index (χ0n) is 15.8. The van der Waals surface area contributed by atoms with Crippen molar-refractivity contribution in [3.8, 4) is 0 Å². The van der Waals surface area contributed by atoms with Crippen LogP contribution >= 0.6 is 0 Å². The van der Waals surface area contributed by atoms with Crippen molar-refractivity contribution in [1.29, 1.82) is 0 Å². The molecule has 2 aromatic heterocycles. The standard InChI is InChI=1S/C23H17N3O3S/c27-23(12-5-17-3-1-13-24-16-17)26-19-6-8-20(9-7-19)30(28,29)21-10-11-22-18(15-21)4-2-14-25-22/h1-16H,(H,26,27). The maximum absolute atomic E-state index is 12.9. The van der Waals surface area contributed by atoms with Gasteiger partial charge in [0.1, 0.15) is 0 Å². The van der Waals surface area contributed by atoms with E-state index in [0.717, 1.165) is 16.5 Å². The Bertz CT molecular complexity index is 1330. The third-order valence-electron chi connectivity index (χ3n) is 4.43. The van der Waals surface area contributed by atoms with Gasteiger partial charge in [-0.2, -0.15) is 0 Å². The predicted octanol–water partition coefficient (Wildman–Crippen LogP) is 4.11. The molecule has 1 amide bonds. The van der Waals surface area contributed by atoms with E-state index in [9.17, 15) is 13.2 Å². The summed E-state index contributed by atoms with van der Waals surface area (Å²) in [5.74, 6) is -0.323. The zero-order chi connectivity index (χ0) is 21.0. The molecule has 30 heavy (non-hydrogen) atoms. The normalized spacial score (nSPS) is 11.6. The van der Waals surface area contributed by atoms with Crippen molar-refractivity contribution in [3.63, 3.8) is 0 Å². The van der Waals surface area contributed by atoms with Crippen LogP contribution in [-0.2, 0) is 14.6 Å². The van der Waals surface area contributed by atoms with Crippen LogP contribution < -0.4 is 5.32 Å². The topological polar surface area (TPSA) is 89.0 Å². The molecule has 0 radical (unpaired) electrons. The number of hydrogen-bond donors (Lipinski definition) is 1. The minimum absolute atomic E-state index is 0.148. The van der Waals surface area contributed by atoms with Crippen LogP contribution in [0.2, 0.25) is 0 Å². The Kier molecular flexibility index (Phi) is 5.36. The van der Waals surface area contributed by atoms with Gasteiger partial charge in [-0.05, 0) is 66.2 Å². The molecular formula is C23H17N3O3S. The molecule has 0 spiro atoms. The molecule has 1 N–H and O–H groups in total. The van der Waals surface area contributed by atoms with Crippen molar-refractivity contribution in [2.75, 3.05) is 5.32 Å². The summed E-state index contributed by atoms with van der Waals surface area (Å²) in [5, 5.41) is 3.46. The van der Waals surface area contributed by atoms with Gasteiger partial charge >= 0.3 is 0 Å². The number of anilines is 1. The van der Waals surface area contributed by atoms with Gasteiger partial charge in [0, 0.05) is 35.7 Å². The number of benzene rings is 2. The number of nitrogens with zero attached hydrogens (tertiary/aromatic N) is 2. The molecule has 0 unspecified atom stereocenters. The van der Waals surface area contributed by atoms with Crippen molar-refractivity contribution in [2.24, 2.45) is 0 Å². The Balaban J connectivity index is 1.50. The number of fused-ring (bicyclic) bond motifs is 1. The number of sulfone groups is 1. The lowest BCUT2D eigenvalue weighted by Crippen LogP contribution is -2.08. The number of carbonyl (C=O) groups excluding carboxylic acids is 1. The lowest BCUT2D eigenvalue weighted by Gasteiger charge is -2.07. The van der Waals surface area contributed by atoms with Gasteiger partial charge in [0.15, 0.2) is 0 Å². The quantitative estimate of drug-likeness (QED) is 0.496. The Hall–Kier alpha value is -3.84. The number of amides is 1. The molecule has 0 aliphatic carbocycles. The maximum atomic E-state index is 12.9. The summed E-state index contributed by atoms with van der Waals surface area (Å²) in [6, 6.07) is 18.1. The molecule has 4 aromatic rings. The van der Waals surface area contributed by atoms with E-state index in [1.54, 1.807) is 67.1 Å². The summed E-state index contributed by atoms with van der Waals surface area (Å²) < 4.78 is 25.9. The molecule has 0 atom stereocenters. The van der Waals surface area contributed by atoms with Gasteiger partial charge in [0.25, 0.3) is 0 Å². The van der Waals surface area contributed by atoms with Crippen LogP contribution in [0, 0.1) is 0 Å². The summed E-state index contributed by atoms with van der Waals surface area (Å²) in [6.45, 7) is 0. The molecule has 0 saturated carbocycles. The fourth-order valence-electron chi connectivity index (χ4n) is 2.90. The lowest BCUT2D eigenvalue weighted by atomic mass is 10.2. The van der Waals surface area contributed by atoms with E-state index in [0.29, 0.717) is 5.69 Å². The highest BCUT2D eigenvalue weighted by molar-refractivity contribution is 7.91. The third kappa shape index (κ3) is 4.26. The summed E-state index contributed by atoms with van der Waals surface area (Å²) in [7, 11) is -3.68. The fraction of sp³-hybridized carbons (Fsp3) is 0. The molecular weight excluding hydrogens is 398 g/mol. The number of aromatic nitrogens is 2. The zero-order valence-corrected chi connectivity index (χ0v) is 16.6. The minimum atomic E-state index is -3.68. The summed E-state index contributed by atoms with van der Waals surface area (Å²) in [4.78, 5) is 20.6. The van der Waals surface area contributed by atoms with Gasteiger partial charge < -0.3 is 5.32 Å². The lowest BCUT2D eigenvalue weighted by molar-refractivity contribution is -0.111. The van der Waals surface area contributed by atoms with Crippen LogP contribution in [0.3, 0.4) is 0 Å². The van der Waals surface area contributed by atoms with E-state index in [-0.39, 0.29) is 15.7 Å². The van der Waals surface area contributed by atoms with Gasteiger partial charge in [-0.25, -0.2) is 8.42 Å². The maximum Gasteiger partial charge on any atom is 0.248 e. The van der Waals surface area contributed by atoms with E-state index in [1.807, 2.05) is 12.1 Å². The molecule has 0 fully saturated rings. The predicted molar refractivity (Wildman–Crippen MR) is 116 cm³/mol. The second kappa shape index (κ2) is 8.26. The summed E-state index contributed by atoms with van der Waals surface area (Å²) >= 11 is 0. The van der Waals surface area contributed by atoms with E-state index in [2.05, 4.69) is 15.3 Å². The van der Waals surface area contributed by atoms with Crippen molar-refractivity contribution in [2.45, 2.75) is 9.79 Å². The molecule has 0 aliphatic heterocycles. The fourth-order valence-corrected chi connectivity index (χ4v) is 4.20. The van der Waals surface area contributed by atoms with Crippen LogP contribution in [0.4, 0.5) is 5.69 Å². The van der Waals surface area contributed by atoms with Gasteiger partial charge in [-0.1, -0.05) is 12.1 Å². The molecule has 7 heteroatoms. The summed E-state index contributed by atoms with van der Waals surface area (Å²) in [5.41, 5.74) is 2.03. The van der Waals surface area contributed by atoms with Crippen LogP contribution in [0.1, 0.15) is 5.56 Å². The van der Waals surface area contributed by atoms with Crippen LogP contribution in [0.25, 0.3) is 17.0 Å². The second-order valence-corrected chi connectivity index (χ2v) is 8.44. The molecule has 4 rings (SSSR count). The van der Waals surface area contributed by atoms with Crippen molar-refractivity contribution >= 4 is 38.4 Å². The van der Waals surface area contributed by atoms with E-state index in [1.165, 1.54) is 18.2 Å². The Morgan fingerprint density at radius 3 is 2.43 bits per heavy atom. The molecule has 6 nitrogen and oxygen atoms in total. The van der Waals surface area contributed by atoms with E-state index < -0.39 is 9.84 Å². The Morgan fingerprint density at radius 2 is 1.67 bits per heavy atom. The highest BCUT2D eigenvalue weighted by Gasteiger charge is 2.18. The molecule has 0 saturated heterocycles. The van der Waals surface area contributed by atoms with E-state index >= 15 is 0 Å². The second-order valence-electron chi connectivity index (χ2n) is 6.49. The first-order chi connectivity index (χ1) is 14.5. The molecule has 2 heterocycles. The smallest absolute Gasteiger partial charge is 0.248 e. The van der Waals surface area contributed by atoms with Crippen LogP contribution in [0.15, 0.2) is 101 Å². The molecule has 0 aliphatic rings. The summed E-state index contributed by atoms with van der Waals surface area (Å²) in [6.07, 6.45) is 8.00. The highest BCUT2D eigenvalue weighted by Crippen LogP contribution is 2.25. The largest absolute Gasteiger partial charge is 0.323 e. The van der Waals surface area contributed by atoms with Gasteiger partial charge in [0.2, 0.25) is 15.7 Å². The SMILES string of the molecule is O=C(C=Cc1cccnc1)Nc1ccc(S(=O)(=O)c2ccc3ncccc3c2)cc1. The molecule has 2 aromatic carbocycles. The van der Waals surface area contributed by atoms with Crippen molar-refractivity contribution in [1.82, 2.24) is 9.97 Å². The number of carbonyl (C=O) groups is 1. The van der Waals surface area contributed by atoms with Crippen molar-refractivity contribution < 1.29 is 13.2 Å². The first kappa shape index (κ1) is 19.5. The average Bonchev–Trinajstić information content (AvgIpc) is 2.78. The first-order valence-electron chi connectivity index (χ1n) is 9.11. The monoisotopic (exact) mass is 415 g/mol. The number of hydrogen-bond acceptors (Lipinski definition) is 5. The highest BCUT2D eigenvalue weighted by atomic mass is 32.2. The average molecular weight is 415 g/mol. The first-order valence-corrected chi connectivity index (χ1v) is 10.6. The Morgan fingerprint density at radius 1 is 0.900 bits per heavy atom. The van der Waals surface area contributed by atoms with Crippen LogP contribution in [-0.4, -0.2) is 24.3 Å². The Labute approximate surface area is 173 Å². The van der Waals surface area contributed by atoms with E-state index in [4.69, 9.17) is 0 Å². The third-order valence-corrected chi connectivity index (χ3v) is 6.20. The van der Waals surface area contributed by atoms with Gasteiger partial charge in [-0.3, -0.25) is 14.8 Å². The van der Waals surface area contributed by atoms with Crippen LogP contribution in [0.5, 0.6) is 0 Å². The van der Waals surface area contributed by atoms with Crippen molar-refractivity contribution in [3.05, 3.63) is 97.0 Å². The number of rotatable bonds is 5. The number of pyridine rings is 2. The van der Waals surface area contributed by atoms with Gasteiger partial charge in [0.05, 0.1) is 15.3 Å². The van der Waals surface area contributed by atoms with Gasteiger partial charge in [-0.15, -0.1) is 0 Å².